The van der Waals surface area contributed by atoms with E-state index in [0.29, 0.717) is 6.42 Å². The Morgan fingerprint density at radius 1 is 1.08 bits per heavy atom. The number of hydrogen-bond acceptors (Lipinski definition) is 3. The van der Waals surface area contributed by atoms with Crippen molar-refractivity contribution in [2.24, 2.45) is 0 Å². The van der Waals surface area contributed by atoms with Gasteiger partial charge in [0.05, 0.1) is 6.61 Å². The van der Waals surface area contributed by atoms with Crippen LogP contribution in [0.3, 0.4) is 0 Å². The molecule has 1 aliphatic heterocycles. The van der Waals surface area contributed by atoms with E-state index < -0.39 is 0 Å². The molecule has 4 heteroatoms. The Bertz CT molecular complexity index is 697. The van der Waals surface area contributed by atoms with E-state index in [1.54, 1.807) is 0 Å². The lowest BCUT2D eigenvalue weighted by atomic mass is 10.0. The van der Waals surface area contributed by atoms with Gasteiger partial charge in [-0.05, 0) is 67.8 Å². The number of amides is 1. The summed E-state index contributed by atoms with van der Waals surface area (Å²) < 4.78 is 5.84. The van der Waals surface area contributed by atoms with E-state index in [2.05, 4.69) is 42.6 Å². The molecule has 0 bridgehead atoms. The van der Waals surface area contributed by atoms with Crippen molar-refractivity contribution in [2.45, 2.75) is 37.5 Å². The van der Waals surface area contributed by atoms with Gasteiger partial charge < -0.3 is 10.1 Å². The molecule has 0 saturated carbocycles. The molecule has 1 amide bonds. The van der Waals surface area contributed by atoms with E-state index in [9.17, 15) is 4.79 Å². The number of unbranched alkanes of at least 4 members (excludes halogenated alkanes) is 1. The zero-order chi connectivity index (χ0) is 16.8. The third-order valence-corrected chi connectivity index (χ3v) is 5.17. The van der Waals surface area contributed by atoms with Crippen LogP contribution in [0, 0.1) is 6.92 Å². The number of hydrogen-bond donors (Lipinski definition) is 1. The molecular formula is C20H23NO2S. The summed E-state index contributed by atoms with van der Waals surface area (Å²) in [5.74, 6) is 2.11. The van der Waals surface area contributed by atoms with Gasteiger partial charge in [0.1, 0.15) is 5.75 Å². The molecule has 3 nitrogen and oxygen atoms in total. The SMILES string of the molecule is Cc1ccc(SCCCCOc2ccc3c(c2)CCC(=O)N3)cc1. The van der Waals surface area contributed by atoms with Crippen molar-refractivity contribution in [3.63, 3.8) is 0 Å². The molecule has 0 fully saturated rings. The van der Waals surface area contributed by atoms with E-state index in [1.165, 1.54) is 16.0 Å². The van der Waals surface area contributed by atoms with Gasteiger partial charge in [-0.2, -0.15) is 0 Å². The molecule has 0 unspecified atom stereocenters. The fourth-order valence-corrected chi connectivity index (χ4v) is 3.58. The maximum absolute atomic E-state index is 11.4. The van der Waals surface area contributed by atoms with Crippen LogP contribution in [0.1, 0.15) is 30.4 Å². The summed E-state index contributed by atoms with van der Waals surface area (Å²) in [5.41, 5.74) is 3.40. The molecule has 1 N–H and O–H groups in total. The largest absolute Gasteiger partial charge is 0.494 e. The zero-order valence-corrected chi connectivity index (χ0v) is 14.8. The second kappa shape index (κ2) is 8.25. The van der Waals surface area contributed by atoms with Crippen LogP contribution >= 0.6 is 11.8 Å². The van der Waals surface area contributed by atoms with Gasteiger partial charge in [0.2, 0.25) is 5.91 Å². The molecule has 0 spiro atoms. The number of anilines is 1. The van der Waals surface area contributed by atoms with Crippen molar-refractivity contribution >= 4 is 23.4 Å². The number of carbonyl (C=O) groups excluding carboxylic acids is 1. The molecule has 1 aliphatic rings. The van der Waals surface area contributed by atoms with Crippen LogP contribution in [-0.4, -0.2) is 18.3 Å². The molecule has 0 aliphatic carbocycles. The molecule has 2 aromatic rings. The van der Waals surface area contributed by atoms with Crippen molar-refractivity contribution in [2.75, 3.05) is 17.7 Å². The first-order valence-electron chi connectivity index (χ1n) is 8.46. The number of fused-ring (bicyclic) bond motifs is 1. The lowest BCUT2D eigenvalue weighted by Gasteiger charge is -2.17. The fraction of sp³-hybridized carbons (Fsp3) is 0.350. The Kier molecular flexibility index (Phi) is 5.81. The minimum Gasteiger partial charge on any atom is -0.494 e. The van der Waals surface area contributed by atoms with Gasteiger partial charge in [0, 0.05) is 17.0 Å². The highest BCUT2D eigenvalue weighted by Crippen LogP contribution is 2.27. The number of aryl methyl sites for hydroxylation is 2. The third kappa shape index (κ3) is 4.78. The molecule has 0 saturated heterocycles. The number of benzene rings is 2. The minimum atomic E-state index is 0.0993. The second-order valence-electron chi connectivity index (χ2n) is 6.08. The molecule has 2 aromatic carbocycles. The number of rotatable bonds is 7. The standard InChI is InChI=1S/C20H23NO2S/c1-15-4-8-18(9-5-15)24-13-3-2-12-23-17-7-10-19-16(14-17)6-11-20(22)21-19/h4-5,7-10,14H,2-3,6,11-13H2,1H3,(H,21,22). The van der Waals surface area contributed by atoms with Crippen molar-refractivity contribution in [1.29, 1.82) is 0 Å². The molecule has 0 radical (unpaired) electrons. The lowest BCUT2D eigenvalue weighted by molar-refractivity contribution is -0.116. The van der Waals surface area contributed by atoms with Crippen molar-refractivity contribution in [3.05, 3.63) is 53.6 Å². The van der Waals surface area contributed by atoms with Crippen LogP contribution in [0.2, 0.25) is 0 Å². The maximum Gasteiger partial charge on any atom is 0.224 e. The monoisotopic (exact) mass is 341 g/mol. The zero-order valence-electron chi connectivity index (χ0n) is 14.0. The summed E-state index contributed by atoms with van der Waals surface area (Å²) >= 11 is 1.90. The summed E-state index contributed by atoms with van der Waals surface area (Å²) in [4.78, 5) is 12.7. The van der Waals surface area contributed by atoms with Gasteiger partial charge in [-0.3, -0.25) is 4.79 Å². The van der Waals surface area contributed by atoms with Crippen LogP contribution in [0.15, 0.2) is 47.4 Å². The summed E-state index contributed by atoms with van der Waals surface area (Å²) in [6.45, 7) is 2.85. The predicted molar refractivity (Wildman–Crippen MR) is 100 cm³/mol. The molecule has 3 rings (SSSR count). The average molecular weight is 341 g/mol. The first kappa shape index (κ1) is 16.9. The van der Waals surface area contributed by atoms with Gasteiger partial charge in [-0.25, -0.2) is 0 Å². The van der Waals surface area contributed by atoms with Gasteiger partial charge in [-0.15, -0.1) is 11.8 Å². The number of ether oxygens (including phenoxy) is 1. The highest BCUT2D eigenvalue weighted by molar-refractivity contribution is 7.99. The quantitative estimate of drug-likeness (QED) is 0.579. The van der Waals surface area contributed by atoms with Gasteiger partial charge >= 0.3 is 0 Å². The Morgan fingerprint density at radius 3 is 2.75 bits per heavy atom. The van der Waals surface area contributed by atoms with E-state index >= 15 is 0 Å². The lowest BCUT2D eigenvalue weighted by Crippen LogP contribution is -2.18. The summed E-state index contributed by atoms with van der Waals surface area (Å²) in [5, 5.41) is 2.89. The van der Waals surface area contributed by atoms with E-state index in [-0.39, 0.29) is 5.91 Å². The van der Waals surface area contributed by atoms with Crippen LogP contribution in [-0.2, 0) is 11.2 Å². The van der Waals surface area contributed by atoms with Crippen molar-refractivity contribution in [1.82, 2.24) is 0 Å². The number of thioether (sulfide) groups is 1. The second-order valence-corrected chi connectivity index (χ2v) is 7.25. The first-order chi connectivity index (χ1) is 11.7. The maximum atomic E-state index is 11.4. The Hall–Kier alpha value is -1.94. The van der Waals surface area contributed by atoms with Gasteiger partial charge in [0.15, 0.2) is 0 Å². The topological polar surface area (TPSA) is 38.3 Å². The van der Waals surface area contributed by atoms with Gasteiger partial charge in [-0.1, -0.05) is 17.7 Å². The molecule has 24 heavy (non-hydrogen) atoms. The van der Waals surface area contributed by atoms with Crippen LogP contribution in [0.4, 0.5) is 5.69 Å². The number of nitrogens with one attached hydrogen (secondary N) is 1. The highest BCUT2D eigenvalue weighted by Gasteiger charge is 2.14. The van der Waals surface area contributed by atoms with E-state index in [1.807, 2.05) is 23.9 Å². The normalized spacial score (nSPS) is 13.3. The Labute approximate surface area is 147 Å². The third-order valence-electron chi connectivity index (χ3n) is 4.07. The van der Waals surface area contributed by atoms with Crippen LogP contribution in [0.5, 0.6) is 5.75 Å². The van der Waals surface area contributed by atoms with Gasteiger partial charge in [0.25, 0.3) is 0 Å². The molecule has 0 atom stereocenters. The molecule has 126 valence electrons. The predicted octanol–water partition coefficient (Wildman–Crippen LogP) is 4.83. The minimum absolute atomic E-state index is 0.0993. The molecule has 1 heterocycles. The summed E-state index contributed by atoms with van der Waals surface area (Å²) in [6, 6.07) is 14.6. The fourth-order valence-electron chi connectivity index (χ4n) is 2.67. The summed E-state index contributed by atoms with van der Waals surface area (Å²) in [7, 11) is 0. The average Bonchev–Trinajstić information content (AvgIpc) is 2.59. The van der Waals surface area contributed by atoms with E-state index in [4.69, 9.17) is 4.74 Å². The molecular weight excluding hydrogens is 318 g/mol. The van der Waals surface area contributed by atoms with Crippen LogP contribution < -0.4 is 10.1 Å². The molecule has 0 aromatic heterocycles. The smallest absolute Gasteiger partial charge is 0.224 e. The first-order valence-corrected chi connectivity index (χ1v) is 9.44. The Morgan fingerprint density at radius 2 is 1.92 bits per heavy atom. The van der Waals surface area contributed by atoms with Crippen LogP contribution in [0.25, 0.3) is 0 Å². The summed E-state index contributed by atoms with van der Waals surface area (Å²) in [6.07, 6.45) is 3.55. The Balaban J connectivity index is 1.36. The number of carbonyl (C=O) groups is 1. The van der Waals surface area contributed by atoms with E-state index in [0.717, 1.165) is 43.1 Å². The highest BCUT2D eigenvalue weighted by atomic mass is 32.2. The van der Waals surface area contributed by atoms with Crippen molar-refractivity contribution < 1.29 is 9.53 Å². The van der Waals surface area contributed by atoms with Crippen molar-refractivity contribution in [3.8, 4) is 5.75 Å².